The van der Waals surface area contributed by atoms with Gasteiger partial charge >= 0.3 is 5.69 Å². The SMILES string of the molecule is Cc1ccc(CN2CCN(c3c(C)n(Cc4c(F)cccc4F)c(=O)n(C[C@@H](N)c4ccccc4)c3=O)CC2)cc1. The fourth-order valence-electron chi connectivity index (χ4n) is 5.42. The Morgan fingerprint density at radius 3 is 2.05 bits per heavy atom. The molecule has 1 atom stereocenters. The Bertz CT molecular complexity index is 1610. The molecule has 1 fully saturated rings. The molecule has 0 spiro atoms. The number of piperazine rings is 1. The van der Waals surface area contributed by atoms with Crippen LogP contribution in [-0.4, -0.2) is 40.2 Å². The average molecular weight is 560 g/mol. The van der Waals surface area contributed by atoms with Crippen molar-refractivity contribution < 1.29 is 8.78 Å². The Hall–Kier alpha value is -4.08. The first-order valence-electron chi connectivity index (χ1n) is 13.8. The Morgan fingerprint density at radius 2 is 1.41 bits per heavy atom. The van der Waals surface area contributed by atoms with E-state index in [1.807, 2.05) is 35.2 Å². The van der Waals surface area contributed by atoms with Crippen LogP contribution in [-0.2, 0) is 19.6 Å². The maximum atomic E-state index is 14.7. The largest absolute Gasteiger partial charge is 0.363 e. The predicted molar refractivity (Wildman–Crippen MR) is 157 cm³/mol. The highest BCUT2D eigenvalue weighted by Crippen LogP contribution is 2.21. The Balaban J connectivity index is 1.49. The van der Waals surface area contributed by atoms with Crippen LogP contribution in [0.5, 0.6) is 0 Å². The van der Waals surface area contributed by atoms with E-state index in [-0.39, 0.29) is 18.7 Å². The number of hydrogen-bond donors (Lipinski definition) is 1. The molecule has 0 saturated carbocycles. The molecular formula is C32H35F2N5O2. The second kappa shape index (κ2) is 12.2. The molecule has 41 heavy (non-hydrogen) atoms. The van der Waals surface area contributed by atoms with E-state index in [0.29, 0.717) is 24.5 Å². The van der Waals surface area contributed by atoms with Gasteiger partial charge in [0.15, 0.2) is 0 Å². The van der Waals surface area contributed by atoms with Crippen molar-refractivity contribution >= 4 is 5.69 Å². The number of nitrogens with zero attached hydrogens (tertiary/aromatic N) is 4. The van der Waals surface area contributed by atoms with Gasteiger partial charge in [0.2, 0.25) is 0 Å². The zero-order chi connectivity index (χ0) is 29.1. The number of nitrogens with two attached hydrogens (primary N) is 1. The van der Waals surface area contributed by atoms with E-state index in [4.69, 9.17) is 5.73 Å². The summed E-state index contributed by atoms with van der Waals surface area (Å²) < 4.78 is 31.7. The van der Waals surface area contributed by atoms with E-state index in [9.17, 15) is 18.4 Å². The third-order valence-corrected chi connectivity index (χ3v) is 7.86. The normalized spacial score (nSPS) is 14.8. The molecule has 214 valence electrons. The van der Waals surface area contributed by atoms with Crippen molar-refractivity contribution in [1.82, 2.24) is 14.0 Å². The number of hydrogen-bond acceptors (Lipinski definition) is 5. The van der Waals surface area contributed by atoms with Crippen LogP contribution in [0.1, 0.15) is 34.0 Å². The van der Waals surface area contributed by atoms with Crippen LogP contribution in [0.15, 0.2) is 82.4 Å². The Labute approximate surface area is 238 Å². The molecule has 1 aliphatic heterocycles. The lowest BCUT2D eigenvalue weighted by atomic mass is 10.1. The summed E-state index contributed by atoms with van der Waals surface area (Å²) in [7, 11) is 0. The summed E-state index contributed by atoms with van der Waals surface area (Å²) in [4.78, 5) is 31.9. The molecule has 1 saturated heterocycles. The second-order valence-corrected chi connectivity index (χ2v) is 10.7. The molecule has 0 bridgehead atoms. The van der Waals surface area contributed by atoms with Crippen LogP contribution in [0.2, 0.25) is 0 Å². The molecule has 1 aromatic heterocycles. The third kappa shape index (κ3) is 6.16. The Kier molecular flexibility index (Phi) is 8.46. The minimum atomic E-state index is -0.749. The first-order valence-corrected chi connectivity index (χ1v) is 13.8. The molecule has 5 rings (SSSR count). The molecule has 0 amide bonds. The van der Waals surface area contributed by atoms with Gasteiger partial charge in [0.25, 0.3) is 5.56 Å². The third-order valence-electron chi connectivity index (χ3n) is 7.86. The first kappa shape index (κ1) is 28.4. The average Bonchev–Trinajstić information content (AvgIpc) is 2.97. The van der Waals surface area contributed by atoms with Gasteiger partial charge in [0.05, 0.1) is 13.1 Å². The Morgan fingerprint density at radius 1 is 0.780 bits per heavy atom. The van der Waals surface area contributed by atoms with Gasteiger partial charge in [0, 0.05) is 50.0 Å². The van der Waals surface area contributed by atoms with Crippen LogP contribution in [0.4, 0.5) is 14.5 Å². The molecule has 0 unspecified atom stereocenters. The van der Waals surface area contributed by atoms with Crippen LogP contribution >= 0.6 is 0 Å². The van der Waals surface area contributed by atoms with Crippen molar-refractivity contribution in [3.8, 4) is 0 Å². The number of benzene rings is 3. The van der Waals surface area contributed by atoms with Gasteiger partial charge in [-0.25, -0.2) is 13.6 Å². The van der Waals surface area contributed by atoms with Crippen LogP contribution in [0.25, 0.3) is 0 Å². The van der Waals surface area contributed by atoms with Crippen molar-refractivity contribution in [2.45, 2.75) is 39.5 Å². The molecule has 4 aromatic rings. The smallest absolute Gasteiger partial charge is 0.331 e. The van der Waals surface area contributed by atoms with Gasteiger partial charge in [0.1, 0.15) is 17.3 Å². The maximum absolute atomic E-state index is 14.7. The number of aryl methyl sites for hydroxylation is 1. The standard InChI is InChI=1S/C32H35F2N5O2/c1-22-11-13-24(14-12-22)19-36-15-17-37(18-16-36)30-23(2)38(20-26-27(33)9-6-10-28(26)34)32(41)39(31(30)40)21-29(35)25-7-4-3-5-8-25/h3-14,29H,15-21,35H2,1-2H3/t29-/m1/s1. The monoisotopic (exact) mass is 559 g/mol. The summed E-state index contributed by atoms with van der Waals surface area (Å²) in [6, 6.07) is 20.6. The van der Waals surface area contributed by atoms with Gasteiger partial charge in [-0.2, -0.15) is 0 Å². The molecular weight excluding hydrogens is 524 g/mol. The fourth-order valence-corrected chi connectivity index (χ4v) is 5.42. The summed E-state index contributed by atoms with van der Waals surface area (Å²) >= 11 is 0. The fraction of sp³-hybridized carbons (Fsp3) is 0.312. The van der Waals surface area contributed by atoms with Gasteiger partial charge < -0.3 is 10.6 Å². The lowest BCUT2D eigenvalue weighted by Gasteiger charge is -2.37. The maximum Gasteiger partial charge on any atom is 0.331 e. The van der Waals surface area contributed by atoms with Crippen molar-refractivity contribution in [2.24, 2.45) is 5.73 Å². The summed E-state index contributed by atoms with van der Waals surface area (Å²) in [5.41, 5.74) is 9.04. The minimum absolute atomic E-state index is 0.0674. The first-order chi connectivity index (χ1) is 19.7. The van der Waals surface area contributed by atoms with Gasteiger partial charge in [-0.3, -0.25) is 18.8 Å². The van der Waals surface area contributed by atoms with Crippen molar-refractivity contribution in [3.05, 3.63) is 133 Å². The molecule has 3 aromatic carbocycles. The number of halogens is 2. The lowest BCUT2D eigenvalue weighted by molar-refractivity contribution is 0.249. The zero-order valence-corrected chi connectivity index (χ0v) is 23.4. The molecule has 2 heterocycles. The molecule has 0 radical (unpaired) electrons. The summed E-state index contributed by atoms with van der Waals surface area (Å²) in [6.45, 7) is 6.69. The molecule has 0 aliphatic carbocycles. The molecule has 2 N–H and O–H groups in total. The summed E-state index contributed by atoms with van der Waals surface area (Å²) in [5, 5.41) is 0. The zero-order valence-electron chi connectivity index (χ0n) is 23.4. The van der Waals surface area contributed by atoms with Gasteiger partial charge in [-0.1, -0.05) is 66.2 Å². The van der Waals surface area contributed by atoms with Gasteiger partial charge in [-0.15, -0.1) is 0 Å². The predicted octanol–water partition coefficient (Wildman–Crippen LogP) is 3.98. The summed E-state index contributed by atoms with van der Waals surface area (Å²) in [6.07, 6.45) is 0. The highest BCUT2D eigenvalue weighted by molar-refractivity contribution is 5.50. The van der Waals surface area contributed by atoms with Gasteiger partial charge in [-0.05, 0) is 37.1 Å². The number of rotatable bonds is 8. The topological polar surface area (TPSA) is 76.5 Å². The quantitative estimate of drug-likeness (QED) is 0.354. The highest BCUT2D eigenvalue weighted by atomic mass is 19.1. The lowest BCUT2D eigenvalue weighted by Crippen LogP contribution is -2.51. The molecule has 7 nitrogen and oxygen atoms in total. The minimum Gasteiger partial charge on any atom is -0.363 e. The molecule has 1 aliphatic rings. The van der Waals surface area contributed by atoms with Crippen LogP contribution in [0, 0.1) is 25.5 Å². The highest BCUT2D eigenvalue weighted by Gasteiger charge is 2.26. The molecule has 9 heteroatoms. The van der Waals surface area contributed by atoms with E-state index in [2.05, 4.69) is 36.1 Å². The van der Waals surface area contributed by atoms with Crippen molar-refractivity contribution in [3.63, 3.8) is 0 Å². The van der Waals surface area contributed by atoms with E-state index in [0.717, 1.165) is 41.9 Å². The van der Waals surface area contributed by atoms with Crippen LogP contribution < -0.4 is 21.9 Å². The number of anilines is 1. The van der Waals surface area contributed by atoms with E-state index in [1.165, 1.54) is 21.8 Å². The van der Waals surface area contributed by atoms with Crippen molar-refractivity contribution in [2.75, 3.05) is 31.1 Å². The summed E-state index contributed by atoms with van der Waals surface area (Å²) in [5.74, 6) is -1.50. The van der Waals surface area contributed by atoms with Crippen LogP contribution in [0.3, 0.4) is 0 Å². The number of aromatic nitrogens is 2. The van der Waals surface area contributed by atoms with Crippen molar-refractivity contribution in [1.29, 1.82) is 0 Å². The van der Waals surface area contributed by atoms with E-state index >= 15 is 0 Å². The van der Waals surface area contributed by atoms with E-state index < -0.39 is 28.9 Å². The second-order valence-electron chi connectivity index (χ2n) is 10.7. The van der Waals surface area contributed by atoms with E-state index in [1.54, 1.807) is 6.92 Å².